The Morgan fingerprint density at radius 2 is 2.14 bits per heavy atom. The van der Waals surface area contributed by atoms with E-state index in [1.807, 2.05) is 36.5 Å². The van der Waals surface area contributed by atoms with Crippen LogP contribution in [-0.4, -0.2) is 22.6 Å². The Balaban J connectivity index is 1.88. The third kappa shape index (κ3) is 2.62. The summed E-state index contributed by atoms with van der Waals surface area (Å²) in [6, 6.07) is 11.3. The van der Waals surface area contributed by atoms with Gasteiger partial charge in [0, 0.05) is 28.3 Å². The van der Waals surface area contributed by atoms with E-state index in [2.05, 4.69) is 14.3 Å². The molecule has 106 valence electrons. The molecular formula is C16H13ClN2O2. The molecule has 0 aliphatic rings. The summed E-state index contributed by atoms with van der Waals surface area (Å²) >= 11 is 6.16. The zero-order valence-corrected chi connectivity index (χ0v) is 12.2. The van der Waals surface area contributed by atoms with Gasteiger partial charge in [0.05, 0.1) is 24.9 Å². The number of hydrogen-bond acceptors (Lipinski definition) is 3. The number of carbonyl (C=O) groups is 1. The fourth-order valence-electron chi connectivity index (χ4n) is 2.25. The second-order valence-electron chi connectivity index (χ2n) is 4.65. The highest BCUT2D eigenvalue weighted by molar-refractivity contribution is 6.35. The summed E-state index contributed by atoms with van der Waals surface area (Å²) in [5.41, 5.74) is 2.36. The van der Waals surface area contributed by atoms with Crippen LogP contribution in [0.25, 0.3) is 10.9 Å². The predicted octanol–water partition coefficient (Wildman–Crippen LogP) is 3.52. The number of halogens is 1. The Labute approximate surface area is 126 Å². The Morgan fingerprint density at radius 1 is 1.29 bits per heavy atom. The number of carbonyl (C=O) groups excluding carboxylic acids is 1. The molecule has 0 radical (unpaired) electrons. The van der Waals surface area contributed by atoms with Crippen LogP contribution in [0.3, 0.4) is 0 Å². The molecule has 5 heteroatoms. The van der Waals surface area contributed by atoms with E-state index in [1.165, 1.54) is 13.3 Å². The number of ether oxygens (including phenoxy) is 1. The molecule has 2 heterocycles. The lowest BCUT2D eigenvalue weighted by Gasteiger charge is -2.06. The summed E-state index contributed by atoms with van der Waals surface area (Å²) in [7, 11) is 1.35. The van der Waals surface area contributed by atoms with Gasteiger partial charge in [-0.1, -0.05) is 17.7 Å². The van der Waals surface area contributed by atoms with Crippen LogP contribution in [0.1, 0.15) is 16.1 Å². The molecule has 0 spiro atoms. The number of pyridine rings is 1. The monoisotopic (exact) mass is 300 g/mol. The number of aromatic nitrogens is 2. The zero-order valence-electron chi connectivity index (χ0n) is 11.4. The van der Waals surface area contributed by atoms with E-state index < -0.39 is 0 Å². The van der Waals surface area contributed by atoms with Crippen molar-refractivity contribution < 1.29 is 9.53 Å². The highest BCUT2D eigenvalue weighted by atomic mass is 35.5. The lowest BCUT2D eigenvalue weighted by molar-refractivity contribution is 0.0600. The maximum atomic E-state index is 11.4. The third-order valence-electron chi connectivity index (χ3n) is 3.34. The molecule has 0 atom stereocenters. The van der Waals surface area contributed by atoms with E-state index in [1.54, 1.807) is 6.07 Å². The number of esters is 1. The van der Waals surface area contributed by atoms with Crippen LogP contribution in [-0.2, 0) is 11.3 Å². The van der Waals surface area contributed by atoms with Gasteiger partial charge in [0.15, 0.2) is 0 Å². The van der Waals surface area contributed by atoms with E-state index in [0.29, 0.717) is 12.1 Å². The van der Waals surface area contributed by atoms with Gasteiger partial charge < -0.3 is 9.30 Å². The average Bonchev–Trinajstić information content (AvgIpc) is 2.92. The van der Waals surface area contributed by atoms with E-state index in [9.17, 15) is 4.79 Å². The van der Waals surface area contributed by atoms with Crippen molar-refractivity contribution in [3.63, 3.8) is 0 Å². The molecule has 0 saturated carbocycles. The minimum absolute atomic E-state index is 0.382. The van der Waals surface area contributed by atoms with Crippen molar-refractivity contribution in [2.75, 3.05) is 7.11 Å². The summed E-state index contributed by atoms with van der Waals surface area (Å²) in [6.45, 7) is 0.616. The van der Waals surface area contributed by atoms with Crippen LogP contribution >= 0.6 is 11.6 Å². The smallest absolute Gasteiger partial charge is 0.339 e. The van der Waals surface area contributed by atoms with Crippen LogP contribution in [0, 0.1) is 0 Å². The van der Waals surface area contributed by atoms with Gasteiger partial charge in [-0.25, -0.2) is 4.79 Å². The van der Waals surface area contributed by atoms with E-state index in [-0.39, 0.29) is 5.97 Å². The largest absolute Gasteiger partial charge is 0.465 e. The molecule has 0 N–H and O–H groups in total. The van der Waals surface area contributed by atoms with E-state index >= 15 is 0 Å². The van der Waals surface area contributed by atoms with Crippen molar-refractivity contribution in [3.05, 3.63) is 65.1 Å². The van der Waals surface area contributed by atoms with Crippen LogP contribution in [0.4, 0.5) is 0 Å². The van der Waals surface area contributed by atoms with Gasteiger partial charge in [-0.05, 0) is 30.3 Å². The number of nitrogens with zero attached hydrogens (tertiary/aromatic N) is 2. The van der Waals surface area contributed by atoms with Gasteiger partial charge in [0.25, 0.3) is 0 Å². The maximum Gasteiger partial charge on any atom is 0.339 e. The van der Waals surface area contributed by atoms with Gasteiger partial charge in [-0.2, -0.15) is 0 Å². The average molecular weight is 301 g/mol. The molecule has 0 amide bonds. The summed E-state index contributed by atoms with van der Waals surface area (Å²) < 4.78 is 6.72. The Hall–Kier alpha value is -2.33. The molecule has 0 fully saturated rings. The van der Waals surface area contributed by atoms with E-state index in [4.69, 9.17) is 11.6 Å². The minimum atomic E-state index is -0.382. The number of hydrogen-bond donors (Lipinski definition) is 0. The normalized spacial score (nSPS) is 10.8. The summed E-state index contributed by atoms with van der Waals surface area (Å²) in [5.74, 6) is -0.382. The maximum absolute atomic E-state index is 11.4. The summed E-state index contributed by atoms with van der Waals surface area (Å²) in [6.07, 6.45) is 3.51. The van der Waals surface area contributed by atoms with Crippen molar-refractivity contribution in [1.29, 1.82) is 0 Å². The molecule has 0 bridgehead atoms. The first-order valence-electron chi connectivity index (χ1n) is 6.45. The molecule has 0 saturated heterocycles. The van der Waals surface area contributed by atoms with Gasteiger partial charge in [-0.3, -0.25) is 4.98 Å². The highest BCUT2D eigenvalue weighted by Gasteiger charge is 2.07. The molecule has 2 aromatic heterocycles. The molecule has 3 rings (SSSR count). The Kier molecular flexibility index (Phi) is 3.62. The van der Waals surface area contributed by atoms with Crippen LogP contribution in [0.5, 0.6) is 0 Å². The van der Waals surface area contributed by atoms with Crippen LogP contribution < -0.4 is 0 Å². The first-order valence-corrected chi connectivity index (χ1v) is 6.83. The molecule has 0 unspecified atom stereocenters. The number of rotatable bonds is 3. The number of benzene rings is 1. The van der Waals surface area contributed by atoms with Crippen LogP contribution in [0.15, 0.2) is 48.8 Å². The molecular weight excluding hydrogens is 288 g/mol. The minimum Gasteiger partial charge on any atom is -0.465 e. The SMILES string of the molecule is COC(=O)c1ccc(Cn2ccc3c(Cl)cccc32)nc1. The van der Waals surface area contributed by atoms with Crippen molar-refractivity contribution in [1.82, 2.24) is 9.55 Å². The molecule has 1 aromatic carbocycles. The topological polar surface area (TPSA) is 44.1 Å². The van der Waals surface area contributed by atoms with Crippen molar-refractivity contribution in [2.45, 2.75) is 6.54 Å². The quantitative estimate of drug-likeness (QED) is 0.695. The predicted molar refractivity (Wildman–Crippen MR) is 81.6 cm³/mol. The lowest BCUT2D eigenvalue weighted by Crippen LogP contribution is -2.04. The second kappa shape index (κ2) is 5.58. The molecule has 3 aromatic rings. The molecule has 0 aliphatic heterocycles. The fourth-order valence-corrected chi connectivity index (χ4v) is 2.49. The third-order valence-corrected chi connectivity index (χ3v) is 3.67. The zero-order chi connectivity index (χ0) is 14.8. The fraction of sp³-hybridized carbons (Fsp3) is 0.125. The molecule has 21 heavy (non-hydrogen) atoms. The lowest BCUT2D eigenvalue weighted by atomic mass is 10.2. The van der Waals surface area contributed by atoms with Crippen molar-refractivity contribution in [3.8, 4) is 0 Å². The molecule has 4 nitrogen and oxygen atoms in total. The standard InChI is InChI=1S/C16H13ClN2O2/c1-21-16(20)11-5-6-12(18-9-11)10-19-8-7-13-14(17)3-2-4-15(13)19/h2-9H,10H2,1H3. The molecule has 0 aliphatic carbocycles. The summed E-state index contributed by atoms with van der Waals surface area (Å²) in [4.78, 5) is 15.7. The first kappa shape index (κ1) is 13.6. The highest BCUT2D eigenvalue weighted by Crippen LogP contribution is 2.24. The second-order valence-corrected chi connectivity index (χ2v) is 5.05. The van der Waals surface area contributed by atoms with Gasteiger partial charge in [-0.15, -0.1) is 0 Å². The Morgan fingerprint density at radius 3 is 2.86 bits per heavy atom. The summed E-state index contributed by atoms with van der Waals surface area (Å²) in [5, 5.41) is 1.76. The van der Waals surface area contributed by atoms with Gasteiger partial charge >= 0.3 is 5.97 Å². The van der Waals surface area contributed by atoms with Crippen molar-refractivity contribution >= 4 is 28.5 Å². The van der Waals surface area contributed by atoms with Crippen LogP contribution in [0.2, 0.25) is 5.02 Å². The van der Waals surface area contributed by atoms with Crippen molar-refractivity contribution in [2.24, 2.45) is 0 Å². The first-order chi connectivity index (χ1) is 10.2. The Bertz CT molecular complexity index is 794. The van der Waals surface area contributed by atoms with Gasteiger partial charge in [0.2, 0.25) is 0 Å². The number of methoxy groups -OCH3 is 1. The van der Waals surface area contributed by atoms with E-state index in [0.717, 1.165) is 21.6 Å². The number of fused-ring (bicyclic) bond motifs is 1. The van der Waals surface area contributed by atoms with Gasteiger partial charge in [0.1, 0.15) is 0 Å².